The van der Waals surface area contributed by atoms with E-state index in [0.717, 1.165) is 22.4 Å². The van der Waals surface area contributed by atoms with E-state index in [-0.39, 0.29) is 23.9 Å². The van der Waals surface area contributed by atoms with Crippen LogP contribution in [0.5, 0.6) is 11.6 Å². The third kappa shape index (κ3) is 4.78. The molecule has 1 aromatic heterocycles. The van der Waals surface area contributed by atoms with Crippen LogP contribution in [0, 0.1) is 0 Å². The number of carbonyl (C=O) groups excluding carboxylic acids is 1. The van der Waals surface area contributed by atoms with Crippen LogP contribution in [0.2, 0.25) is 0 Å². The summed E-state index contributed by atoms with van der Waals surface area (Å²) in [6.45, 7) is 0.465. The number of amides is 1. The number of benzene rings is 2. The number of rotatable bonds is 7. The summed E-state index contributed by atoms with van der Waals surface area (Å²) in [7, 11) is 1.64. The van der Waals surface area contributed by atoms with Crippen molar-refractivity contribution in [1.29, 1.82) is 0 Å². The number of carbonyl (C=O) groups is 1. The number of aromatic hydroxyl groups is 1. The molecule has 0 atom stereocenters. The number of methoxy groups -OCH3 is 1. The average Bonchev–Trinajstić information content (AvgIpc) is 2.99. The van der Waals surface area contributed by atoms with Gasteiger partial charge in [0, 0.05) is 6.54 Å². The van der Waals surface area contributed by atoms with Crippen LogP contribution in [0.3, 0.4) is 0 Å². The van der Waals surface area contributed by atoms with Crippen LogP contribution in [0.1, 0.15) is 11.3 Å². The molecule has 0 fully saturated rings. The fourth-order valence-electron chi connectivity index (χ4n) is 2.77. The first-order chi connectivity index (χ1) is 13.0. The Morgan fingerprint density at radius 2 is 1.89 bits per heavy atom. The molecule has 0 bridgehead atoms. The summed E-state index contributed by atoms with van der Waals surface area (Å²) in [5.41, 5.74) is 2.91. The minimum atomic E-state index is -0.536. The van der Waals surface area contributed by atoms with E-state index in [9.17, 15) is 14.7 Å². The highest BCUT2D eigenvalue weighted by molar-refractivity contribution is 5.78. The standard InChI is InChI=1S/C20H21N3O4/c1-27-16-4-2-3-15(11-16)14-7-5-13(6-8-14)9-10-21-18(24)12-17-19(25)23-20(26)22-17/h2-8,11,25H,9-10,12H2,1H3,(H,21,24)(H2,22,23,26). The van der Waals surface area contributed by atoms with Gasteiger partial charge < -0.3 is 20.1 Å². The van der Waals surface area contributed by atoms with Crippen molar-refractivity contribution in [2.24, 2.45) is 0 Å². The van der Waals surface area contributed by atoms with Crippen LogP contribution in [0.4, 0.5) is 0 Å². The number of H-pyrrole nitrogens is 2. The maximum atomic E-state index is 11.9. The first-order valence-corrected chi connectivity index (χ1v) is 8.55. The zero-order valence-electron chi connectivity index (χ0n) is 14.9. The first kappa shape index (κ1) is 18.3. The lowest BCUT2D eigenvalue weighted by atomic mass is 10.0. The molecule has 0 saturated carbocycles. The SMILES string of the molecule is COc1cccc(-c2ccc(CCNC(=O)Cc3[nH]c(=O)[nH]c3O)cc2)c1. The molecular weight excluding hydrogens is 346 g/mol. The molecule has 0 radical (unpaired) electrons. The molecular formula is C20H21N3O4. The van der Waals surface area contributed by atoms with E-state index >= 15 is 0 Å². The Kier molecular flexibility index (Phi) is 5.61. The lowest BCUT2D eigenvalue weighted by molar-refractivity contribution is -0.120. The number of nitrogens with one attached hydrogen (secondary N) is 3. The summed E-state index contributed by atoms with van der Waals surface area (Å²) < 4.78 is 5.25. The lowest BCUT2D eigenvalue weighted by Crippen LogP contribution is -2.27. The molecule has 4 N–H and O–H groups in total. The summed E-state index contributed by atoms with van der Waals surface area (Å²) in [5, 5.41) is 12.2. The highest BCUT2D eigenvalue weighted by Crippen LogP contribution is 2.24. The van der Waals surface area contributed by atoms with Crippen LogP contribution in [0.25, 0.3) is 11.1 Å². The fraction of sp³-hybridized carbons (Fsp3) is 0.200. The van der Waals surface area contributed by atoms with Crippen LogP contribution in [-0.4, -0.2) is 34.6 Å². The van der Waals surface area contributed by atoms with Crippen LogP contribution >= 0.6 is 0 Å². The lowest BCUT2D eigenvalue weighted by Gasteiger charge is -2.07. The molecule has 7 heteroatoms. The third-order valence-corrected chi connectivity index (χ3v) is 4.21. The van der Waals surface area contributed by atoms with Gasteiger partial charge in [0.15, 0.2) is 0 Å². The zero-order valence-corrected chi connectivity index (χ0v) is 14.9. The maximum Gasteiger partial charge on any atom is 0.325 e. The van der Waals surface area contributed by atoms with E-state index in [4.69, 9.17) is 4.74 Å². The van der Waals surface area contributed by atoms with Crippen molar-refractivity contribution in [3.63, 3.8) is 0 Å². The highest BCUT2D eigenvalue weighted by Gasteiger charge is 2.10. The molecule has 1 amide bonds. The van der Waals surface area contributed by atoms with Crippen molar-refractivity contribution < 1.29 is 14.6 Å². The number of aromatic nitrogens is 2. The molecule has 7 nitrogen and oxygen atoms in total. The maximum absolute atomic E-state index is 11.9. The smallest absolute Gasteiger partial charge is 0.325 e. The van der Waals surface area contributed by atoms with E-state index in [2.05, 4.69) is 15.3 Å². The number of aromatic amines is 2. The summed E-state index contributed by atoms with van der Waals surface area (Å²) in [5.74, 6) is 0.242. The normalized spacial score (nSPS) is 10.6. The Balaban J connectivity index is 1.52. The molecule has 3 rings (SSSR count). The largest absolute Gasteiger partial charge is 0.497 e. The second-order valence-corrected chi connectivity index (χ2v) is 6.11. The van der Waals surface area contributed by atoms with Gasteiger partial charge in [-0.25, -0.2) is 4.79 Å². The number of imidazole rings is 1. The quantitative estimate of drug-likeness (QED) is 0.512. The Bertz CT molecular complexity index is 973. The van der Waals surface area contributed by atoms with E-state index in [1.54, 1.807) is 7.11 Å². The van der Waals surface area contributed by atoms with Gasteiger partial charge in [-0.15, -0.1) is 0 Å². The Labute approximate surface area is 156 Å². The molecule has 1 heterocycles. The topological polar surface area (TPSA) is 107 Å². The second-order valence-electron chi connectivity index (χ2n) is 6.11. The van der Waals surface area contributed by atoms with Crippen LogP contribution in [-0.2, 0) is 17.6 Å². The van der Waals surface area contributed by atoms with Crippen molar-refractivity contribution in [3.8, 4) is 22.8 Å². The Morgan fingerprint density at radius 3 is 2.56 bits per heavy atom. The summed E-state index contributed by atoms with van der Waals surface area (Å²) in [6, 6.07) is 16.0. The number of ether oxygens (including phenoxy) is 1. The van der Waals surface area contributed by atoms with Gasteiger partial charge in [-0.1, -0.05) is 36.4 Å². The van der Waals surface area contributed by atoms with Gasteiger partial charge in [-0.2, -0.15) is 0 Å². The molecule has 3 aromatic rings. The van der Waals surface area contributed by atoms with Crippen molar-refractivity contribution in [2.45, 2.75) is 12.8 Å². The molecule has 0 unspecified atom stereocenters. The van der Waals surface area contributed by atoms with Gasteiger partial charge in [0.1, 0.15) is 5.75 Å². The Morgan fingerprint density at radius 1 is 1.11 bits per heavy atom. The molecule has 140 valence electrons. The van der Waals surface area contributed by atoms with E-state index in [0.29, 0.717) is 13.0 Å². The second kappa shape index (κ2) is 8.27. The van der Waals surface area contributed by atoms with Gasteiger partial charge in [0.2, 0.25) is 11.8 Å². The monoisotopic (exact) mass is 367 g/mol. The van der Waals surface area contributed by atoms with Gasteiger partial charge in [-0.05, 0) is 35.2 Å². The molecule has 0 aliphatic rings. The van der Waals surface area contributed by atoms with E-state index in [1.165, 1.54) is 0 Å². The Hall–Kier alpha value is -3.48. The third-order valence-electron chi connectivity index (χ3n) is 4.21. The van der Waals surface area contributed by atoms with Crippen LogP contribution < -0.4 is 15.7 Å². The predicted molar refractivity (Wildman–Crippen MR) is 102 cm³/mol. The molecule has 0 aliphatic carbocycles. The van der Waals surface area contributed by atoms with E-state index < -0.39 is 5.69 Å². The van der Waals surface area contributed by atoms with Crippen molar-refractivity contribution >= 4 is 5.91 Å². The van der Waals surface area contributed by atoms with Crippen LogP contribution in [0.15, 0.2) is 53.3 Å². The van der Waals surface area contributed by atoms with Crippen molar-refractivity contribution in [2.75, 3.05) is 13.7 Å². The van der Waals surface area contributed by atoms with Gasteiger partial charge in [0.25, 0.3) is 0 Å². The molecule has 0 aliphatic heterocycles. The summed E-state index contributed by atoms with van der Waals surface area (Å²) in [6.07, 6.45) is 0.596. The molecule has 27 heavy (non-hydrogen) atoms. The average molecular weight is 367 g/mol. The number of hydrogen-bond acceptors (Lipinski definition) is 4. The minimum absolute atomic E-state index is 0.0840. The van der Waals surface area contributed by atoms with E-state index in [1.807, 2.05) is 48.5 Å². The number of hydrogen-bond donors (Lipinski definition) is 4. The molecule has 2 aromatic carbocycles. The fourth-order valence-corrected chi connectivity index (χ4v) is 2.77. The molecule has 0 saturated heterocycles. The summed E-state index contributed by atoms with van der Waals surface area (Å²) >= 11 is 0. The zero-order chi connectivity index (χ0) is 19.2. The highest BCUT2D eigenvalue weighted by atomic mass is 16.5. The van der Waals surface area contributed by atoms with Gasteiger partial charge in [-0.3, -0.25) is 9.78 Å². The first-order valence-electron chi connectivity index (χ1n) is 8.55. The molecule has 0 spiro atoms. The predicted octanol–water partition coefficient (Wildman–Crippen LogP) is 1.99. The van der Waals surface area contributed by atoms with Gasteiger partial charge in [0.05, 0.1) is 19.2 Å². The van der Waals surface area contributed by atoms with Gasteiger partial charge >= 0.3 is 5.69 Å². The van der Waals surface area contributed by atoms with Crippen molar-refractivity contribution in [1.82, 2.24) is 15.3 Å². The summed E-state index contributed by atoms with van der Waals surface area (Å²) in [4.78, 5) is 27.5. The van der Waals surface area contributed by atoms with Crippen molar-refractivity contribution in [3.05, 3.63) is 70.3 Å². The minimum Gasteiger partial charge on any atom is -0.497 e.